The van der Waals surface area contributed by atoms with Crippen LogP contribution in [0.25, 0.3) is 11.4 Å². The van der Waals surface area contributed by atoms with Crippen molar-refractivity contribution in [2.45, 2.75) is 65.3 Å². The minimum atomic E-state index is 0.658. The van der Waals surface area contributed by atoms with Gasteiger partial charge < -0.3 is 4.57 Å². The average Bonchev–Trinajstić information content (AvgIpc) is 3.23. The third kappa shape index (κ3) is 6.93. The zero-order valence-electron chi connectivity index (χ0n) is 19.0. The molecule has 0 aliphatic heterocycles. The van der Waals surface area contributed by atoms with Gasteiger partial charge in [-0.3, -0.25) is 0 Å². The molecule has 1 aromatic heterocycles. The summed E-state index contributed by atoms with van der Waals surface area (Å²) >= 11 is 3.52. The molecule has 31 heavy (non-hydrogen) atoms. The van der Waals surface area contributed by atoms with Gasteiger partial charge in [0.05, 0.1) is 0 Å². The molecule has 0 saturated heterocycles. The Labute approximate surface area is 196 Å². The van der Waals surface area contributed by atoms with Crippen LogP contribution < -0.4 is 0 Å². The van der Waals surface area contributed by atoms with Crippen LogP contribution in [0.3, 0.4) is 0 Å². The maximum absolute atomic E-state index is 4.61. The first kappa shape index (κ1) is 23.5. The van der Waals surface area contributed by atoms with Gasteiger partial charge >= 0.3 is 0 Å². The van der Waals surface area contributed by atoms with Gasteiger partial charge in [0.25, 0.3) is 0 Å². The van der Waals surface area contributed by atoms with Crippen LogP contribution in [0, 0.1) is 5.92 Å². The topological polar surface area (TPSA) is 17.8 Å². The van der Waals surface area contributed by atoms with Gasteiger partial charge in [0, 0.05) is 29.0 Å². The lowest BCUT2D eigenvalue weighted by atomic mass is 9.92. The molecule has 3 rings (SSSR count). The second kappa shape index (κ2) is 12.0. The molecule has 0 saturated carbocycles. The van der Waals surface area contributed by atoms with Crippen molar-refractivity contribution < 1.29 is 0 Å². The molecule has 0 bridgehead atoms. The van der Waals surface area contributed by atoms with E-state index in [-0.39, 0.29) is 0 Å². The van der Waals surface area contributed by atoms with Gasteiger partial charge in [0.15, 0.2) is 0 Å². The highest BCUT2D eigenvalue weighted by molar-refractivity contribution is 9.10. The fourth-order valence-electron chi connectivity index (χ4n) is 4.15. The van der Waals surface area contributed by atoms with Gasteiger partial charge in [-0.1, -0.05) is 97.6 Å². The number of allylic oxidation sites excluding steroid dienone is 1. The molecule has 0 radical (unpaired) electrons. The first-order valence-electron chi connectivity index (χ1n) is 11.6. The summed E-state index contributed by atoms with van der Waals surface area (Å²) in [5, 5.41) is 0. The molecule has 3 aromatic rings. The molecular weight excluding hydrogens is 444 g/mol. The van der Waals surface area contributed by atoms with Crippen molar-refractivity contribution in [1.82, 2.24) is 9.55 Å². The summed E-state index contributed by atoms with van der Waals surface area (Å²) in [6.07, 6.45) is 12.6. The molecular formula is C28H35BrN2. The predicted molar refractivity (Wildman–Crippen MR) is 136 cm³/mol. The van der Waals surface area contributed by atoms with Crippen LogP contribution in [0.4, 0.5) is 0 Å². The Bertz CT molecular complexity index is 955. The molecule has 0 spiro atoms. The van der Waals surface area contributed by atoms with Crippen LogP contribution >= 0.6 is 15.9 Å². The highest BCUT2D eigenvalue weighted by Gasteiger charge is 2.10. The van der Waals surface area contributed by atoms with E-state index in [1.165, 1.54) is 55.2 Å². The van der Waals surface area contributed by atoms with Crippen LogP contribution in [-0.2, 0) is 13.0 Å². The predicted octanol–water partition coefficient (Wildman–Crippen LogP) is 8.46. The molecule has 0 aliphatic rings. The van der Waals surface area contributed by atoms with E-state index < -0.39 is 0 Å². The highest BCUT2D eigenvalue weighted by atomic mass is 79.9. The molecule has 1 heterocycles. The molecule has 2 nitrogen and oxygen atoms in total. The quantitative estimate of drug-likeness (QED) is 0.188. The van der Waals surface area contributed by atoms with Crippen molar-refractivity contribution in [2.24, 2.45) is 5.92 Å². The normalized spacial score (nSPS) is 12.1. The van der Waals surface area contributed by atoms with Crippen LogP contribution in [0.1, 0.15) is 63.5 Å². The highest BCUT2D eigenvalue weighted by Crippen LogP contribution is 2.24. The van der Waals surface area contributed by atoms with Gasteiger partial charge in [-0.05, 0) is 54.9 Å². The van der Waals surface area contributed by atoms with Crippen molar-refractivity contribution in [3.8, 4) is 11.4 Å². The largest absolute Gasteiger partial charge is 0.327 e. The summed E-state index contributed by atoms with van der Waals surface area (Å²) in [4.78, 5) is 4.61. The van der Waals surface area contributed by atoms with E-state index in [0.29, 0.717) is 5.92 Å². The zero-order chi connectivity index (χ0) is 22.1. The van der Waals surface area contributed by atoms with Gasteiger partial charge in [0.2, 0.25) is 0 Å². The van der Waals surface area contributed by atoms with Crippen molar-refractivity contribution in [3.63, 3.8) is 0 Å². The van der Waals surface area contributed by atoms with E-state index in [0.717, 1.165) is 28.8 Å². The lowest BCUT2D eigenvalue weighted by Gasteiger charge is -2.15. The standard InChI is InChI=1S/C28H35BrN2/c1-4-10-22(2)23(3)11-6-5-7-12-24-13-8-9-14-26(24)21-31-20-19-30-28(31)25-15-17-27(29)18-16-25/h8-9,13-20,23H,2,4-7,10-12,21H2,1,3H3. The van der Waals surface area contributed by atoms with Crippen molar-refractivity contribution >= 4 is 15.9 Å². The number of aryl methyl sites for hydroxylation is 1. The SMILES string of the molecule is C=C(CCC)C(C)CCCCCc1ccccc1Cn1ccnc1-c1ccc(Br)cc1. The molecule has 0 aliphatic carbocycles. The monoisotopic (exact) mass is 478 g/mol. The maximum Gasteiger partial charge on any atom is 0.140 e. The first-order chi connectivity index (χ1) is 15.1. The number of rotatable bonds is 12. The number of imidazole rings is 1. The fraction of sp³-hybridized carbons (Fsp3) is 0.393. The summed E-state index contributed by atoms with van der Waals surface area (Å²) in [7, 11) is 0. The number of nitrogens with zero attached hydrogens (tertiary/aromatic N) is 2. The molecule has 3 heteroatoms. The van der Waals surface area contributed by atoms with Crippen molar-refractivity contribution in [3.05, 3.63) is 88.7 Å². The van der Waals surface area contributed by atoms with Crippen LogP contribution in [-0.4, -0.2) is 9.55 Å². The second-order valence-corrected chi connectivity index (χ2v) is 9.48. The fourth-order valence-corrected chi connectivity index (χ4v) is 4.41. The Balaban J connectivity index is 1.56. The Morgan fingerprint density at radius 2 is 1.77 bits per heavy atom. The molecule has 0 amide bonds. The van der Waals surface area contributed by atoms with E-state index in [9.17, 15) is 0 Å². The number of hydrogen-bond donors (Lipinski definition) is 0. The molecule has 164 valence electrons. The lowest BCUT2D eigenvalue weighted by Crippen LogP contribution is -2.04. The smallest absolute Gasteiger partial charge is 0.140 e. The Hall–Kier alpha value is -2.13. The lowest BCUT2D eigenvalue weighted by molar-refractivity contribution is 0.531. The van der Waals surface area contributed by atoms with E-state index in [1.54, 1.807) is 0 Å². The summed E-state index contributed by atoms with van der Waals surface area (Å²) < 4.78 is 3.34. The second-order valence-electron chi connectivity index (χ2n) is 8.56. The number of halogens is 1. The van der Waals surface area contributed by atoms with Crippen molar-refractivity contribution in [1.29, 1.82) is 0 Å². The third-order valence-electron chi connectivity index (χ3n) is 6.13. The number of hydrogen-bond acceptors (Lipinski definition) is 1. The minimum Gasteiger partial charge on any atom is -0.327 e. The van der Waals surface area contributed by atoms with Crippen LogP contribution in [0.5, 0.6) is 0 Å². The number of aromatic nitrogens is 2. The van der Waals surface area contributed by atoms with Gasteiger partial charge in [-0.15, -0.1) is 0 Å². The minimum absolute atomic E-state index is 0.658. The molecule has 0 fully saturated rings. The zero-order valence-corrected chi connectivity index (χ0v) is 20.6. The Kier molecular flexibility index (Phi) is 9.14. The maximum atomic E-state index is 4.61. The van der Waals surface area contributed by atoms with Gasteiger partial charge in [0.1, 0.15) is 5.82 Å². The molecule has 1 atom stereocenters. The summed E-state index contributed by atoms with van der Waals surface area (Å²) in [5.74, 6) is 1.68. The Morgan fingerprint density at radius 1 is 1.03 bits per heavy atom. The third-order valence-corrected chi connectivity index (χ3v) is 6.66. The van der Waals surface area contributed by atoms with Crippen LogP contribution in [0.15, 0.2) is 77.5 Å². The number of unbranched alkanes of at least 4 members (excludes halogenated alkanes) is 2. The summed E-state index contributed by atoms with van der Waals surface area (Å²) in [5.41, 5.74) is 5.42. The van der Waals surface area contributed by atoms with E-state index in [1.807, 2.05) is 6.20 Å². The summed E-state index contributed by atoms with van der Waals surface area (Å²) in [6.45, 7) is 9.69. The Morgan fingerprint density at radius 3 is 2.52 bits per heavy atom. The molecule has 1 unspecified atom stereocenters. The van der Waals surface area contributed by atoms with E-state index >= 15 is 0 Å². The van der Waals surface area contributed by atoms with Crippen LogP contribution in [0.2, 0.25) is 0 Å². The molecule has 0 N–H and O–H groups in total. The molecule has 2 aromatic carbocycles. The number of benzene rings is 2. The van der Waals surface area contributed by atoms with Gasteiger partial charge in [-0.25, -0.2) is 4.98 Å². The first-order valence-corrected chi connectivity index (χ1v) is 12.4. The van der Waals surface area contributed by atoms with E-state index in [4.69, 9.17) is 0 Å². The van der Waals surface area contributed by atoms with Crippen molar-refractivity contribution in [2.75, 3.05) is 0 Å². The summed E-state index contributed by atoms with van der Waals surface area (Å²) in [6, 6.07) is 17.2. The van der Waals surface area contributed by atoms with Gasteiger partial charge in [-0.2, -0.15) is 0 Å². The average molecular weight is 480 g/mol. The van der Waals surface area contributed by atoms with E-state index in [2.05, 4.69) is 101 Å².